The van der Waals surface area contributed by atoms with Crippen LogP contribution >= 0.6 is 23.4 Å². The summed E-state index contributed by atoms with van der Waals surface area (Å²) in [5.74, 6) is 0. The molecule has 0 N–H and O–H groups in total. The lowest BCUT2D eigenvalue weighted by molar-refractivity contribution is -0.137. The van der Waals surface area contributed by atoms with Crippen molar-refractivity contribution in [2.24, 2.45) is 0 Å². The number of halogens is 4. The summed E-state index contributed by atoms with van der Waals surface area (Å²) in [5.41, 5.74) is -1.41. The number of benzene rings is 1. The smallest absolute Gasteiger partial charge is 0.269 e. The standard InChI is InChI=1S/C12H8ClF3N2OS/c1-20-11-17-5-4-10(19)18(11)9-6-7(12(14,15)16)2-3-8(9)13/h2-6H,1H3. The highest BCUT2D eigenvalue weighted by molar-refractivity contribution is 7.98. The predicted octanol–water partition coefficient (Wildman–Crippen LogP) is 3.63. The van der Waals surface area contributed by atoms with E-state index in [0.29, 0.717) is 0 Å². The molecule has 0 amide bonds. The van der Waals surface area contributed by atoms with E-state index in [1.807, 2.05) is 0 Å². The first-order chi connectivity index (χ1) is 9.34. The number of rotatable bonds is 2. The lowest BCUT2D eigenvalue weighted by atomic mass is 10.2. The van der Waals surface area contributed by atoms with E-state index in [1.165, 1.54) is 6.20 Å². The maximum absolute atomic E-state index is 12.7. The summed E-state index contributed by atoms with van der Waals surface area (Å²) in [5, 5.41) is 0.308. The lowest BCUT2D eigenvalue weighted by Crippen LogP contribution is -2.20. The fourth-order valence-corrected chi connectivity index (χ4v) is 2.36. The van der Waals surface area contributed by atoms with Crippen molar-refractivity contribution in [1.29, 1.82) is 0 Å². The molecule has 0 radical (unpaired) electrons. The van der Waals surface area contributed by atoms with Gasteiger partial charge in [0.15, 0.2) is 5.16 Å². The summed E-state index contributed by atoms with van der Waals surface area (Å²) in [4.78, 5) is 15.8. The van der Waals surface area contributed by atoms with Crippen LogP contribution in [0.4, 0.5) is 13.2 Å². The van der Waals surface area contributed by atoms with Crippen molar-refractivity contribution in [1.82, 2.24) is 9.55 Å². The Balaban J connectivity index is 2.73. The van der Waals surface area contributed by atoms with Gasteiger partial charge in [0.25, 0.3) is 5.56 Å². The predicted molar refractivity (Wildman–Crippen MR) is 71.6 cm³/mol. The number of aromatic nitrogens is 2. The molecule has 0 fully saturated rings. The van der Waals surface area contributed by atoms with Crippen molar-refractivity contribution in [3.63, 3.8) is 0 Å². The molecule has 2 rings (SSSR count). The minimum absolute atomic E-state index is 0.0380. The summed E-state index contributed by atoms with van der Waals surface area (Å²) in [6.07, 6.45) is -1.54. The fourth-order valence-electron chi connectivity index (χ4n) is 1.62. The first kappa shape index (κ1) is 14.9. The second-order valence-corrected chi connectivity index (χ2v) is 4.95. The van der Waals surface area contributed by atoms with Crippen molar-refractivity contribution in [3.8, 4) is 5.69 Å². The molecule has 20 heavy (non-hydrogen) atoms. The highest BCUT2D eigenvalue weighted by atomic mass is 35.5. The van der Waals surface area contributed by atoms with Crippen LogP contribution in [0.1, 0.15) is 5.56 Å². The normalized spacial score (nSPS) is 11.7. The Hall–Kier alpha value is -1.47. The zero-order chi connectivity index (χ0) is 14.9. The number of nitrogens with zero attached hydrogens (tertiary/aromatic N) is 2. The van der Waals surface area contributed by atoms with Crippen LogP contribution in [0, 0.1) is 0 Å². The molecule has 0 saturated carbocycles. The molecular formula is C12H8ClF3N2OS. The molecule has 0 aliphatic heterocycles. The third-order valence-electron chi connectivity index (χ3n) is 2.51. The van der Waals surface area contributed by atoms with E-state index in [9.17, 15) is 18.0 Å². The third kappa shape index (κ3) is 2.83. The van der Waals surface area contributed by atoms with Gasteiger partial charge in [0, 0.05) is 12.3 Å². The molecule has 3 nitrogen and oxygen atoms in total. The zero-order valence-corrected chi connectivity index (χ0v) is 11.7. The van der Waals surface area contributed by atoms with Gasteiger partial charge in [0.05, 0.1) is 16.3 Å². The van der Waals surface area contributed by atoms with Crippen LogP contribution in [0.2, 0.25) is 5.02 Å². The van der Waals surface area contributed by atoms with Crippen molar-refractivity contribution < 1.29 is 13.2 Å². The monoisotopic (exact) mass is 320 g/mol. The van der Waals surface area contributed by atoms with Crippen LogP contribution in [0.25, 0.3) is 5.69 Å². The third-order valence-corrected chi connectivity index (χ3v) is 3.48. The van der Waals surface area contributed by atoms with Crippen LogP contribution in [-0.4, -0.2) is 15.8 Å². The minimum atomic E-state index is -4.51. The molecule has 0 unspecified atom stereocenters. The molecule has 0 spiro atoms. The summed E-state index contributed by atoms with van der Waals surface area (Å²) < 4.78 is 39.3. The average Bonchev–Trinajstić information content (AvgIpc) is 2.38. The maximum Gasteiger partial charge on any atom is 0.416 e. The molecule has 0 bridgehead atoms. The van der Waals surface area contributed by atoms with E-state index in [1.54, 1.807) is 6.26 Å². The first-order valence-corrected chi connectivity index (χ1v) is 6.94. The van der Waals surface area contributed by atoms with Gasteiger partial charge in [-0.25, -0.2) is 4.98 Å². The van der Waals surface area contributed by atoms with E-state index in [0.717, 1.165) is 40.6 Å². The topological polar surface area (TPSA) is 34.9 Å². The van der Waals surface area contributed by atoms with Crippen LogP contribution in [0.3, 0.4) is 0 Å². The van der Waals surface area contributed by atoms with E-state index >= 15 is 0 Å². The molecule has 1 heterocycles. The molecule has 106 valence electrons. The van der Waals surface area contributed by atoms with Gasteiger partial charge in [-0.15, -0.1) is 0 Å². The van der Waals surface area contributed by atoms with Crippen molar-refractivity contribution >= 4 is 23.4 Å². The van der Waals surface area contributed by atoms with E-state index < -0.39 is 17.3 Å². The fraction of sp³-hybridized carbons (Fsp3) is 0.167. The quantitative estimate of drug-likeness (QED) is 0.626. The van der Waals surface area contributed by atoms with Gasteiger partial charge in [-0.05, 0) is 24.5 Å². The van der Waals surface area contributed by atoms with Gasteiger partial charge in [0.1, 0.15) is 0 Å². The van der Waals surface area contributed by atoms with E-state index in [2.05, 4.69) is 4.98 Å². The Labute approximate surface area is 121 Å². The van der Waals surface area contributed by atoms with Gasteiger partial charge in [0.2, 0.25) is 0 Å². The largest absolute Gasteiger partial charge is 0.416 e. The summed E-state index contributed by atoms with van der Waals surface area (Å²) in [6, 6.07) is 3.98. The first-order valence-electron chi connectivity index (χ1n) is 5.34. The molecular weight excluding hydrogens is 313 g/mol. The van der Waals surface area contributed by atoms with E-state index in [-0.39, 0.29) is 15.9 Å². The van der Waals surface area contributed by atoms with Crippen molar-refractivity contribution in [2.45, 2.75) is 11.3 Å². The molecule has 8 heteroatoms. The highest BCUT2D eigenvalue weighted by Gasteiger charge is 2.31. The number of thioether (sulfide) groups is 1. The van der Waals surface area contributed by atoms with Crippen LogP contribution in [-0.2, 0) is 6.18 Å². The summed E-state index contributed by atoms with van der Waals surface area (Å²) >= 11 is 7.06. The highest BCUT2D eigenvalue weighted by Crippen LogP contribution is 2.33. The Bertz CT molecular complexity index is 700. The van der Waals surface area contributed by atoms with Gasteiger partial charge < -0.3 is 0 Å². The van der Waals surface area contributed by atoms with Crippen LogP contribution < -0.4 is 5.56 Å². The van der Waals surface area contributed by atoms with Crippen LogP contribution in [0.5, 0.6) is 0 Å². The second-order valence-electron chi connectivity index (χ2n) is 3.77. The number of alkyl halides is 3. The Kier molecular flexibility index (Phi) is 4.10. The molecule has 2 aromatic rings. The second kappa shape index (κ2) is 5.49. The average molecular weight is 321 g/mol. The zero-order valence-electron chi connectivity index (χ0n) is 10.1. The lowest BCUT2D eigenvalue weighted by Gasteiger charge is -2.14. The Morgan fingerprint density at radius 2 is 2.00 bits per heavy atom. The van der Waals surface area contributed by atoms with Gasteiger partial charge in [-0.1, -0.05) is 23.4 Å². The Morgan fingerprint density at radius 3 is 2.60 bits per heavy atom. The molecule has 1 aromatic carbocycles. The molecule has 0 atom stereocenters. The van der Waals surface area contributed by atoms with Gasteiger partial charge in [-0.2, -0.15) is 13.2 Å². The van der Waals surface area contributed by atoms with Crippen LogP contribution in [0.15, 0.2) is 40.4 Å². The SMILES string of the molecule is CSc1nccc(=O)n1-c1cc(C(F)(F)F)ccc1Cl. The number of hydrogen-bond donors (Lipinski definition) is 0. The van der Waals surface area contributed by atoms with Gasteiger partial charge >= 0.3 is 6.18 Å². The summed E-state index contributed by atoms with van der Waals surface area (Å²) in [7, 11) is 0. The maximum atomic E-state index is 12.7. The van der Waals surface area contributed by atoms with Gasteiger partial charge in [-0.3, -0.25) is 9.36 Å². The van der Waals surface area contributed by atoms with Crippen molar-refractivity contribution in [2.75, 3.05) is 6.26 Å². The minimum Gasteiger partial charge on any atom is -0.269 e. The van der Waals surface area contributed by atoms with Crippen molar-refractivity contribution in [3.05, 3.63) is 51.4 Å². The molecule has 0 aliphatic rings. The van der Waals surface area contributed by atoms with E-state index in [4.69, 9.17) is 11.6 Å². The Morgan fingerprint density at radius 1 is 1.30 bits per heavy atom. The molecule has 0 saturated heterocycles. The summed E-state index contributed by atoms with van der Waals surface area (Å²) in [6.45, 7) is 0. The molecule has 0 aliphatic carbocycles. The number of hydrogen-bond acceptors (Lipinski definition) is 3. The molecule has 1 aromatic heterocycles.